The lowest BCUT2D eigenvalue weighted by Crippen LogP contribution is -2.13. The number of carbonyl (C=O) groups is 2. The maximum absolute atomic E-state index is 12.0. The second-order valence-electron chi connectivity index (χ2n) is 6.87. The van der Waals surface area contributed by atoms with E-state index >= 15 is 0 Å². The molecule has 28 heavy (non-hydrogen) atoms. The Hall–Kier alpha value is -2.40. The Labute approximate surface area is 167 Å². The molecule has 0 amide bonds. The maximum Gasteiger partial charge on any atom is 0.306 e. The van der Waals surface area contributed by atoms with Crippen LogP contribution in [0.2, 0.25) is 0 Å². The van der Waals surface area contributed by atoms with Gasteiger partial charge in [0.1, 0.15) is 13.2 Å². The highest BCUT2D eigenvalue weighted by molar-refractivity contribution is 5.89. The summed E-state index contributed by atoms with van der Waals surface area (Å²) in [4.78, 5) is 23.6. The number of ether oxygens (including phenoxy) is 3. The molecule has 0 fully saturated rings. The first kappa shape index (κ1) is 21.9. The Morgan fingerprint density at radius 3 is 2.29 bits per heavy atom. The van der Waals surface area contributed by atoms with Gasteiger partial charge in [0.25, 0.3) is 0 Å². The normalized spacial score (nSPS) is 10.8. The Morgan fingerprint density at radius 2 is 1.57 bits per heavy atom. The van der Waals surface area contributed by atoms with Crippen LogP contribution in [0.1, 0.15) is 49.3 Å². The molecule has 0 N–H and O–H groups in total. The molecule has 0 atom stereocenters. The first-order valence-corrected chi connectivity index (χ1v) is 9.89. The highest BCUT2D eigenvalue weighted by atomic mass is 16.6. The largest absolute Gasteiger partial charge is 0.463 e. The standard InChI is InChI=1S/C23H30O5/c1-4-5-12-26-13-14-27-22(24)10-11-23(25)28-16-19-15-17(2)20-8-6-7-9-21(20)18(19)3/h6-9,15H,4-5,10-14,16H2,1-3H3. The van der Waals surface area contributed by atoms with Crippen molar-refractivity contribution < 1.29 is 23.8 Å². The summed E-state index contributed by atoms with van der Waals surface area (Å²) in [6.45, 7) is 7.65. The quantitative estimate of drug-likeness (QED) is 0.416. The highest BCUT2D eigenvalue weighted by Gasteiger charge is 2.12. The van der Waals surface area contributed by atoms with Gasteiger partial charge in [-0.3, -0.25) is 9.59 Å². The SMILES string of the molecule is CCCCOCCOC(=O)CCC(=O)OCc1cc(C)c2ccccc2c1C. The number of hydrogen-bond donors (Lipinski definition) is 0. The molecular weight excluding hydrogens is 356 g/mol. The summed E-state index contributed by atoms with van der Waals surface area (Å²) in [6.07, 6.45) is 2.10. The van der Waals surface area contributed by atoms with Crippen molar-refractivity contribution >= 4 is 22.7 Å². The lowest BCUT2D eigenvalue weighted by atomic mass is 9.96. The Balaban J connectivity index is 1.73. The molecular formula is C23H30O5. The lowest BCUT2D eigenvalue weighted by Gasteiger charge is -2.13. The molecule has 152 valence electrons. The molecule has 0 spiro atoms. The van der Waals surface area contributed by atoms with E-state index in [0.29, 0.717) is 13.2 Å². The van der Waals surface area contributed by atoms with E-state index in [2.05, 4.69) is 32.0 Å². The summed E-state index contributed by atoms with van der Waals surface area (Å²) in [6, 6.07) is 10.2. The van der Waals surface area contributed by atoms with Crippen LogP contribution in [-0.4, -0.2) is 31.8 Å². The molecule has 0 saturated heterocycles. The van der Waals surface area contributed by atoms with Crippen molar-refractivity contribution in [1.82, 2.24) is 0 Å². The number of benzene rings is 2. The molecule has 0 heterocycles. The van der Waals surface area contributed by atoms with E-state index in [1.54, 1.807) is 0 Å². The number of unbranched alkanes of at least 4 members (excludes halogenated alkanes) is 1. The Kier molecular flexibility index (Phi) is 8.95. The van der Waals surface area contributed by atoms with Gasteiger partial charge in [-0.25, -0.2) is 0 Å². The molecule has 0 unspecified atom stereocenters. The summed E-state index contributed by atoms with van der Waals surface area (Å²) < 4.78 is 15.7. The third-order valence-electron chi connectivity index (χ3n) is 4.68. The third-order valence-corrected chi connectivity index (χ3v) is 4.68. The molecule has 5 nitrogen and oxygen atoms in total. The van der Waals surface area contributed by atoms with Crippen LogP contribution in [0.15, 0.2) is 30.3 Å². The van der Waals surface area contributed by atoms with Crippen LogP contribution >= 0.6 is 0 Å². The van der Waals surface area contributed by atoms with Gasteiger partial charge in [-0.1, -0.05) is 43.7 Å². The molecule has 2 aromatic carbocycles. The predicted octanol–water partition coefficient (Wildman–Crippen LogP) is 4.64. The van der Waals surface area contributed by atoms with Gasteiger partial charge in [-0.2, -0.15) is 0 Å². The van der Waals surface area contributed by atoms with Crippen LogP contribution in [0.25, 0.3) is 10.8 Å². The summed E-state index contributed by atoms with van der Waals surface area (Å²) in [5.41, 5.74) is 3.24. The number of aryl methyl sites for hydroxylation is 2. The van der Waals surface area contributed by atoms with Crippen molar-refractivity contribution in [3.63, 3.8) is 0 Å². The van der Waals surface area contributed by atoms with E-state index in [4.69, 9.17) is 14.2 Å². The van der Waals surface area contributed by atoms with Crippen LogP contribution in [0.4, 0.5) is 0 Å². The summed E-state index contributed by atoms with van der Waals surface area (Å²) in [5, 5.41) is 2.37. The second-order valence-corrected chi connectivity index (χ2v) is 6.87. The van der Waals surface area contributed by atoms with Crippen LogP contribution in [0.5, 0.6) is 0 Å². The first-order chi connectivity index (χ1) is 13.5. The fourth-order valence-corrected chi connectivity index (χ4v) is 2.99. The Morgan fingerprint density at radius 1 is 0.893 bits per heavy atom. The van der Waals surface area contributed by atoms with Crippen molar-refractivity contribution in [3.8, 4) is 0 Å². The number of hydrogen-bond acceptors (Lipinski definition) is 5. The average Bonchev–Trinajstić information content (AvgIpc) is 2.70. The molecule has 0 saturated carbocycles. The van der Waals surface area contributed by atoms with Crippen molar-refractivity contribution in [2.45, 2.75) is 53.1 Å². The van der Waals surface area contributed by atoms with Gasteiger partial charge in [0, 0.05) is 6.61 Å². The van der Waals surface area contributed by atoms with E-state index in [0.717, 1.165) is 29.5 Å². The van der Waals surface area contributed by atoms with E-state index in [1.165, 1.54) is 10.8 Å². The zero-order valence-corrected chi connectivity index (χ0v) is 17.1. The second kappa shape index (κ2) is 11.4. The highest BCUT2D eigenvalue weighted by Crippen LogP contribution is 2.26. The van der Waals surface area contributed by atoms with Crippen LogP contribution in [0.3, 0.4) is 0 Å². The Bertz CT molecular complexity index is 797. The molecule has 0 aliphatic heterocycles. The minimum Gasteiger partial charge on any atom is -0.463 e. The van der Waals surface area contributed by atoms with Gasteiger partial charge in [-0.15, -0.1) is 0 Å². The van der Waals surface area contributed by atoms with Crippen molar-refractivity contribution in [2.75, 3.05) is 19.8 Å². The molecule has 5 heteroatoms. The zero-order valence-electron chi connectivity index (χ0n) is 17.1. The molecule has 0 aromatic heterocycles. The van der Waals surface area contributed by atoms with Gasteiger partial charge in [0.2, 0.25) is 0 Å². The minimum atomic E-state index is -0.409. The van der Waals surface area contributed by atoms with E-state index in [9.17, 15) is 9.59 Å². The molecule has 0 radical (unpaired) electrons. The molecule has 0 bridgehead atoms. The molecule has 0 aliphatic carbocycles. The molecule has 2 rings (SSSR count). The summed E-state index contributed by atoms with van der Waals surface area (Å²) in [7, 11) is 0. The van der Waals surface area contributed by atoms with Gasteiger partial charge in [-0.05, 0) is 47.7 Å². The van der Waals surface area contributed by atoms with Gasteiger partial charge >= 0.3 is 11.9 Å². The molecule has 2 aromatic rings. The fourth-order valence-electron chi connectivity index (χ4n) is 2.99. The maximum atomic E-state index is 12.0. The zero-order chi connectivity index (χ0) is 20.4. The lowest BCUT2D eigenvalue weighted by molar-refractivity contribution is -0.151. The van der Waals surface area contributed by atoms with Crippen molar-refractivity contribution in [1.29, 1.82) is 0 Å². The first-order valence-electron chi connectivity index (χ1n) is 9.89. The van der Waals surface area contributed by atoms with Gasteiger partial charge in [0.05, 0.1) is 19.4 Å². The van der Waals surface area contributed by atoms with Crippen LogP contribution in [0, 0.1) is 13.8 Å². The van der Waals surface area contributed by atoms with E-state index in [1.807, 2.05) is 19.1 Å². The number of esters is 2. The number of fused-ring (bicyclic) bond motifs is 1. The fraction of sp³-hybridized carbons (Fsp3) is 0.478. The van der Waals surface area contributed by atoms with Crippen molar-refractivity contribution in [3.05, 3.63) is 47.0 Å². The third kappa shape index (κ3) is 6.64. The van der Waals surface area contributed by atoms with E-state index in [-0.39, 0.29) is 26.1 Å². The smallest absolute Gasteiger partial charge is 0.306 e. The monoisotopic (exact) mass is 386 g/mol. The van der Waals surface area contributed by atoms with Crippen molar-refractivity contribution in [2.24, 2.45) is 0 Å². The molecule has 0 aliphatic rings. The number of carbonyl (C=O) groups excluding carboxylic acids is 2. The number of rotatable bonds is 11. The van der Waals surface area contributed by atoms with E-state index < -0.39 is 11.9 Å². The summed E-state index contributed by atoms with van der Waals surface area (Å²) >= 11 is 0. The topological polar surface area (TPSA) is 61.8 Å². The minimum absolute atomic E-state index is 0.0150. The summed E-state index contributed by atoms with van der Waals surface area (Å²) in [5.74, 6) is -0.810. The van der Waals surface area contributed by atoms with Crippen LogP contribution in [-0.2, 0) is 30.4 Å². The average molecular weight is 386 g/mol. The van der Waals surface area contributed by atoms with Crippen LogP contribution < -0.4 is 0 Å². The predicted molar refractivity (Wildman–Crippen MR) is 109 cm³/mol. The van der Waals surface area contributed by atoms with Gasteiger partial charge in [0.15, 0.2) is 0 Å². The van der Waals surface area contributed by atoms with Gasteiger partial charge < -0.3 is 14.2 Å².